The van der Waals surface area contributed by atoms with Crippen LogP contribution in [-0.2, 0) is 9.53 Å². The van der Waals surface area contributed by atoms with Crippen LogP contribution in [0.4, 0.5) is 0 Å². The van der Waals surface area contributed by atoms with Gasteiger partial charge in [0.15, 0.2) is 0 Å². The van der Waals surface area contributed by atoms with Crippen molar-refractivity contribution in [3.8, 4) is 0 Å². The van der Waals surface area contributed by atoms with Crippen molar-refractivity contribution in [1.29, 1.82) is 0 Å². The van der Waals surface area contributed by atoms with Gasteiger partial charge in [-0.3, -0.25) is 4.79 Å². The number of carbonyl (C=O) groups is 1. The molecule has 0 saturated heterocycles. The Morgan fingerprint density at radius 2 is 2.67 bits per heavy atom. The van der Waals surface area contributed by atoms with E-state index in [9.17, 15) is 4.79 Å². The average molecular weight is 146 g/mol. The molecule has 4 heteroatoms. The van der Waals surface area contributed by atoms with Crippen LogP contribution in [0.5, 0.6) is 0 Å². The van der Waals surface area contributed by atoms with E-state index in [2.05, 4.69) is 4.99 Å². The number of ether oxygens (including phenoxy) is 1. The van der Waals surface area contributed by atoms with Crippen molar-refractivity contribution in [2.75, 3.05) is 6.61 Å². The van der Waals surface area contributed by atoms with Gasteiger partial charge in [0.25, 0.3) is 5.24 Å². The van der Waals surface area contributed by atoms with Gasteiger partial charge in [-0.1, -0.05) is 0 Å². The summed E-state index contributed by atoms with van der Waals surface area (Å²) in [5.41, 5.74) is 0.249. The van der Waals surface area contributed by atoms with Gasteiger partial charge in [0.1, 0.15) is 18.6 Å². The van der Waals surface area contributed by atoms with Gasteiger partial charge in [-0.2, -0.15) is 0 Å². The molecule has 0 aromatic carbocycles. The molecule has 0 unspecified atom stereocenters. The lowest BCUT2D eigenvalue weighted by molar-refractivity contribution is -0.106. The summed E-state index contributed by atoms with van der Waals surface area (Å²) in [6, 6.07) is 0. The molecular formula is C5H4ClNO2. The molecule has 0 aromatic heterocycles. The van der Waals surface area contributed by atoms with Crippen LogP contribution in [0.25, 0.3) is 0 Å². The lowest BCUT2D eigenvalue weighted by Gasteiger charge is -2.02. The summed E-state index contributed by atoms with van der Waals surface area (Å²) in [5, 5.41) is -0.556. The third kappa shape index (κ3) is 1.54. The fraction of sp³-hybridized carbons (Fsp3) is 0.200. The Kier molecular flexibility index (Phi) is 1.85. The highest BCUT2D eigenvalue weighted by Crippen LogP contribution is 1.96. The zero-order valence-corrected chi connectivity index (χ0v) is 5.26. The topological polar surface area (TPSA) is 38.7 Å². The molecule has 1 aliphatic heterocycles. The number of hydrogen-bond acceptors (Lipinski definition) is 3. The molecule has 48 valence electrons. The van der Waals surface area contributed by atoms with Crippen LogP contribution in [0.2, 0.25) is 0 Å². The molecule has 0 radical (unpaired) electrons. The minimum Gasteiger partial charge on any atom is -0.493 e. The van der Waals surface area contributed by atoms with Gasteiger partial charge >= 0.3 is 0 Å². The lowest BCUT2D eigenvalue weighted by Crippen LogP contribution is -2.15. The van der Waals surface area contributed by atoms with Gasteiger partial charge in [0.2, 0.25) is 0 Å². The number of hydrogen-bond donors (Lipinski definition) is 0. The van der Waals surface area contributed by atoms with Crippen LogP contribution in [0, 0.1) is 0 Å². The van der Waals surface area contributed by atoms with E-state index in [4.69, 9.17) is 16.3 Å². The molecule has 1 rings (SSSR count). The Morgan fingerprint density at radius 3 is 3.00 bits per heavy atom. The van der Waals surface area contributed by atoms with E-state index in [0.29, 0.717) is 0 Å². The van der Waals surface area contributed by atoms with Gasteiger partial charge in [0.05, 0.1) is 6.20 Å². The average Bonchev–Trinajstić information content (AvgIpc) is 1.90. The van der Waals surface area contributed by atoms with Crippen molar-refractivity contribution in [1.82, 2.24) is 0 Å². The second-order valence-corrected chi connectivity index (χ2v) is 1.79. The predicted molar refractivity (Wildman–Crippen MR) is 33.4 cm³/mol. The molecule has 0 amide bonds. The van der Waals surface area contributed by atoms with Crippen molar-refractivity contribution in [3.63, 3.8) is 0 Å². The van der Waals surface area contributed by atoms with Crippen LogP contribution in [-0.4, -0.2) is 17.6 Å². The fourth-order valence-electron chi connectivity index (χ4n) is 0.435. The summed E-state index contributed by atoms with van der Waals surface area (Å²) < 4.78 is 4.73. The Labute approximate surface area is 57.0 Å². The Hall–Kier alpha value is -0.830. The first kappa shape index (κ1) is 6.29. The minimum absolute atomic E-state index is 0.179. The Bertz CT molecular complexity index is 185. The molecule has 0 bridgehead atoms. The summed E-state index contributed by atoms with van der Waals surface area (Å²) in [6.07, 6.45) is 2.79. The zero-order valence-electron chi connectivity index (χ0n) is 4.50. The summed E-state index contributed by atoms with van der Waals surface area (Å²) >= 11 is 5.07. The first-order chi connectivity index (χ1) is 4.30. The number of rotatable bonds is 1. The number of nitrogens with zero attached hydrogens (tertiary/aromatic N) is 1. The van der Waals surface area contributed by atoms with Crippen molar-refractivity contribution in [2.24, 2.45) is 4.99 Å². The molecule has 0 aliphatic carbocycles. The molecule has 0 fully saturated rings. The summed E-state index contributed by atoms with van der Waals surface area (Å²) in [7, 11) is 0. The lowest BCUT2D eigenvalue weighted by atomic mass is 10.4. The SMILES string of the molecule is O=C(Cl)C1=NC=COC1. The van der Waals surface area contributed by atoms with Crippen LogP contribution < -0.4 is 0 Å². The Morgan fingerprint density at radius 1 is 1.89 bits per heavy atom. The summed E-state index contributed by atoms with van der Waals surface area (Å²) in [4.78, 5) is 14.0. The van der Waals surface area contributed by atoms with Crippen molar-refractivity contribution >= 4 is 22.6 Å². The molecule has 0 aromatic rings. The molecule has 1 heterocycles. The van der Waals surface area contributed by atoms with Crippen molar-refractivity contribution < 1.29 is 9.53 Å². The first-order valence-electron chi connectivity index (χ1n) is 2.34. The number of carbonyl (C=O) groups excluding carboxylic acids is 1. The molecule has 9 heavy (non-hydrogen) atoms. The highest BCUT2D eigenvalue weighted by Gasteiger charge is 2.08. The van der Waals surface area contributed by atoms with Gasteiger partial charge in [-0.25, -0.2) is 4.99 Å². The van der Waals surface area contributed by atoms with Crippen LogP contribution in [0.3, 0.4) is 0 Å². The van der Waals surface area contributed by atoms with E-state index >= 15 is 0 Å². The van der Waals surface area contributed by atoms with Crippen molar-refractivity contribution in [2.45, 2.75) is 0 Å². The van der Waals surface area contributed by atoms with Gasteiger partial charge in [-0.15, -0.1) is 0 Å². The first-order valence-corrected chi connectivity index (χ1v) is 2.71. The van der Waals surface area contributed by atoms with Crippen molar-refractivity contribution in [3.05, 3.63) is 12.5 Å². The fourth-order valence-corrected chi connectivity index (χ4v) is 0.539. The third-order valence-electron chi connectivity index (χ3n) is 0.834. The number of aliphatic imine (C=N–C) groups is 1. The predicted octanol–water partition coefficient (Wildman–Crippen LogP) is 0.694. The van der Waals surface area contributed by atoms with E-state index < -0.39 is 5.24 Å². The molecule has 0 N–H and O–H groups in total. The third-order valence-corrected chi connectivity index (χ3v) is 1.05. The quantitative estimate of drug-likeness (QED) is 0.510. The van der Waals surface area contributed by atoms with E-state index in [1.54, 1.807) is 0 Å². The maximum Gasteiger partial charge on any atom is 0.270 e. The molecule has 0 spiro atoms. The van der Waals surface area contributed by atoms with Crippen LogP contribution in [0.1, 0.15) is 0 Å². The van der Waals surface area contributed by atoms with Gasteiger partial charge < -0.3 is 4.74 Å². The second kappa shape index (κ2) is 2.64. The largest absolute Gasteiger partial charge is 0.493 e. The summed E-state index contributed by atoms with van der Waals surface area (Å²) in [5.74, 6) is 0. The van der Waals surface area contributed by atoms with E-state index in [1.807, 2.05) is 0 Å². The molecule has 0 atom stereocenters. The van der Waals surface area contributed by atoms with Gasteiger partial charge in [-0.05, 0) is 11.6 Å². The van der Waals surface area contributed by atoms with Crippen LogP contribution >= 0.6 is 11.6 Å². The molecule has 3 nitrogen and oxygen atoms in total. The number of halogens is 1. The molecular weight excluding hydrogens is 142 g/mol. The normalized spacial score (nSPS) is 16.3. The Balaban J connectivity index is 2.68. The maximum absolute atomic E-state index is 10.3. The zero-order chi connectivity index (χ0) is 6.69. The summed E-state index contributed by atoms with van der Waals surface area (Å²) in [6.45, 7) is 0.179. The van der Waals surface area contributed by atoms with E-state index in [0.717, 1.165) is 0 Å². The second-order valence-electron chi connectivity index (χ2n) is 1.45. The monoisotopic (exact) mass is 145 g/mol. The molecule has 0 saturated carbocycles. The highest BCUT2D eigenvalue weighted by molar-refractivity contribution is 6.82. The smallest absolute Gasteiger partial charge is 0.270 e. The highest BCUT2D eigenvalue weighted by atomic mass is 35.5. The van der Waals surface area contributed by atoms with E-state index in [1.165, 1.54) is 12.5 Å². The van der Waals surface area contributed by atoms with Crippen LogP contribution in [0.15, 0.2) is 17.5 Å². The minimum atomic E-state index is -0.556. The van der Waals surface area contributed by atoms with Gasteiger partial charge in [0, 0.05) is 0 Å². The standard InChI is InChI=1S/C5H4ClNO2/c6-5(8)4-3-9-2-1-7-4/h1-2H,3H2. The van der Waals surface area contributed by atoms with E-state index in [-0.39, 0.29) is 12.3 Å². The molecule has 1 aliphatic rings. The maximum atomic E-state index is 10.3.